The summed E-state index contributed by atoms with van der Waals surface area (Å²) in [6, 6.07) is 2.85. The highest BCUT2D eigenvalue weighted by Gasteiger charge is 2.25. The van der Waals surface area contributed by atoms with E-state index in [1.165, 1.54) is 10.4 Å². The molecule has 0 atom stereocenters. The van der Waals surface area contributed by atoms with Crippen molar-refractivity contribution in [2.45, 2.75) is 32.6 Å². The van der Waals surface area contributed by atoms with Crippen molar-refractivity contribution in [1.29, 1.82) is 0 Å². The molecule has 0 bridgehead atoms. The molecule has 0 unspecified atom stereocenters. The number of nitrogens with zero attached hydrogens (tertiary/aromatic N) is 1. The first-order chi connectivity index (χ1) is 8.75. The Labute approximate surface area is 113 Å². The summed E-state index contributed by atoms with van der Waals surface area (Å²) in [4.78, 5) is 11.2. The Morgan fingerprint density at radius 1 is 1.16 bits per heavy atom. The normalized spacial score (nSPS) is 11.8. The molecule has 0 saturated heterocycles. The highest BCUT2D eigenvalue weighted by molar-refractivity contribution is 7.89. The fraction of sp³-hybridized carbons (Fsp3) is 0.462. The van der Waals surface area contributed by atoms with Gasteiger partial charge in [-0.1, -0.05) is 19.9 Å². The van der Waals surface area contributed by atoms with E-state index in [1.54, 1.807) is 33.8 Å². The van der Waals surface area contributed by atoms with Crippen LogP contribution >= 0.6 is 0 Å². The molecule has 0 aromatic heterocycles. The lowest BCUT2D eigenvalue weighted by molar-refractivity contribution is 0.0696. The van der Waals surface area contributed by atoms with Crippen LogP contribution in [0.15, 0.2) is 17.0 Å². The predicted molar refractivity (Wildman–Crippen MR) is 73.0 cm³/mol. The third-order valence-corrected chi connectivity index (χ3v) is 5.27. The van der Waals surface area contributed by atoms with Crippen LogP contribution in [-0.4, -0.2) is 36.9 Å². The zero-order valence-electron chi connectivity index (χ0n) is 11.6. The molecule has 0 fully saturated rings. The Bertz CT molecular complexity index is 589. The molecule has 1 N–H and O–H groups in total. The Kier molecular flexibility index (Phi) is 4.70. The van der Waals surface area contributed by atoms with Crippen molar-refractivity contribution in [2.75, 3.05) is 13.1 Å². The number of rotatable bonds is 5. The predicted octanol–water partition coefficient (Wildman–Crippen LogP) is 2.03. The first-order valence-corrected chi connectivity index (χ1v) is 7.54. The Balaban J connectivity index is 3.51. The molecule has 0 aliphatic rings. The average Bonchev–Trinajstić information content (AvgIpc) is 2.29. The summed E-state index contributed by atoms with van der Waals surface area (Å²) in [5.74, 6) is -1.12. The molecule has 5 nitrogen and oxygen atoms in total. The standard InChI is InChI=1S/C13H19NO4S/c1-5-14(6-2)19(17,18)12-8-11(13(15)16)9(3)7-10(12)4/h7-8H,5-6H2,1-4H3,(H,15,16). The van der Waals surface area contributed by atoms with E-state index in [2.05, 4.69) is 0 Å². The van der Waals surface area contributed by atoms with E-state index in [0.29, 0.717) is 24.2 Å². The SMILES string of the molecule is CCN(CC)S(=O)(=O)c1cc(C(=O)O)c(C)cc1C. The van der Waals surface area contributed by atoms with Gasteiger partial charge in [-0.3, -0.25) is 0 Å². The van der Waals surface area contributed by atoms with Crippen molar-refractivity contribution in [2.24, 2.45) is 0 Å². The van der Waals surface area contributed by atoms with Gasteiger partial charge in [0, 0.05) is 13.1 Å². The van der Waals surface area contributed by atoms with E-state index in [0.717, 1.165) is 0 Å². The molecule has 0 aliphatic heterocycles. The topological polar surface area (TPSA) is 74.7 Å². The van der Waals surface area contributed by atoms with Gasteiger partial charge in [-0.15, -0.1) is 0 Å². The molecule has 1 rings (SSSR count). The molecule has 19 heavy (non-hydrogen) atoms. The summed E-state index contributed by atoms with van der Waals surface area (Å²) in [5.41, 5.74) is 1.15. The molecule has 1 aromatic carbocycles. The molecule has 0 heterocycles. The van der Waals surface area contributed by atoms with Crippen molar-refractivity contribution >= 4 is 16.0 Å². The minimum atomic E-state index is -3.63. The maximum Gasteiger partial charge on any atom is 0.335 e. The van der Waals surface area contributed by atoms with E-state index in [-0.39, 0.29) is 10.5 Å². The van der Waals surface area contributed by atoms with Crippen LogP contribution in [0.5, 0.6) is 0 Å². The summed E-state index contributed by atoms with van der Waals surface area (Å²) in [6.45, 7) is 7.55. The summed E-state index contributed by atoms with van der Waals surface area (Å²) in [6.07, 6.45) is 0. The van der Waals surface area contributed by atoms with E-state index in [1.807, 2.05) is 0 Å². The summed E-state index contributed by atoms with van der Waals surface area (Å²) >= 11 is 0. The van der Waals surface area contributed by atoms with Gasteiger partial charge in [-0.2, -0.15) is 4.31 Å². The van der Waals surface area contributed by atoms with Gasteiger partial charge in [0.2, 0.25) is 10.0 Å². The van der Waals surface area contributed by atoms with Crippen molar-refractivity contribution in [1.82, 2.24) is 4.31 Å². The van der Waals surface area contributed by atoms with Gasteiger partial charge in [0.25, 0.3) is 0 Å². The maximum atomic E-state index is 12.4. The van der Waals surface area contributed by atoms with Crippen LogP contribution in [0.3, 0.4) is 0 Å². The minimum absolute atomic E-state index is 0.0244. The maximum absolute atomic E-state index is 12.4. The van der Waals surface area contributed by atoms with Crippen LogP contribution < -0.4 is 0 Å². The number of aryl methyl sites for hydroxylation is 2. The first kappa shape index (κ1) is 15.7. The highest BCUT2D eigenvalue weighted by Crippen LogP contribution is 2.23. The number of hydrogen-bond donors (Lipinski definition) is 1. The number of sulfonamides is 1. The monoisotopic (exact) mass is 285 g/mol. The second-order valence-corrected chi connectivity index (χ2v) is 6.23. The van der Waals surface area contributed by atoms with Gasteiger partial charge in [-0.05, 0) is 31.0 Å². The van der Waals surface area contributed by atoms with Crippen molar-refractivity contribution in [3.8, 4) is 0 Å². The van der Waals surface area contributed by atoms with Gasteiger partial charge in [0.1, 0.15) is 0 Å². The molecule has 0 saturated carbocycles. The number of hydrogen-bond acceptors (Lipinski definition) is 3. The lowest BCUT2D eigenvalue weighted by Gasteiger charge is -2.20. The quantitative estimate of drug-likeness (QED) is 0.898. The second kappa shape index (κ2) is 5.71. The lowest BCUT2D eigenvalue weighted by atomic mass is 10.1. The van der Waals surface area contributed by atoms with Gasteiger partial charge in [0.05, 0.1) is 10.5 Å². The summed E-state index contributed by atoms with van der Waals surface area (Å²) in [7, 11) is -3.63. The van der Waals surface area contributed by atoms with Crippen LogP contribution in [0.25, 0.3) is 0 Å². The van der Waals surface area contributed by atoms with Crippen molar-refractivity contribution < 1.29 is 18.3 Å². The number of carboxylic acids is 1. The number of carbonyl (C=O) groups is 1. The van der Waals surface area contributed by atoms with Crippen LogP contribution in [0, 0.1) is 13.8 Å². The average molecular weight is 285 g/mol. The number of carboxylic acid groups (broad SMARTS) is 1. The number of benzene rings is 1. The summed E-state index contributed by atoms with van der Waals surface area (Å²) < 4.78 is 26.2. The van der Waals surface area contributed by atoms with Crippen LogP contribution in [0.4, 0.5) is 0 Å². The Morgan fingerprint density at radius 3 is 2.11 bits per heavy atom. The lowest BCUT2D eigenvalue weighted by Crippen LogP contribution is -2.31. The Hall–Kier alpha value is -1.40. The second-order valence-electron chi connectivity index (χ2n) is 4.33. The largest absolute Gasteiger partial charge is 0.478 e. The van der Waals surface area contributed by atoms with Crippen molar-refractivity contribution in [3.63, 3.8) is 0 Å². The van der Waals surface area contributed by atoms with Crippen LogP contribution in [-0.2, 0) is 10.0 Å². The van der Waals surface area contributed by atoms with Crippen molar-refractivity contribution in [3.05, 3.63) is 28.8 Å². The molecule has 0 radical (unpaired) electrons. The van der Waals surface area contributed by atoms with E-state index in [9.17, 15) is 13.2 Å². The third-order valence-electron chi connectivity index (χ3n) is 3.08. The molecule has 0 aliphatic carbocycles. The number of aromatic carboxylic acids is 1. The molecular formula is C13H19NO4S. The molecule has 6 heteroatoms. The van der Waals surface area contributed by atoms with Gasteiger partial charge >= 0.3 is 5.97 Å². The van der Waals surface area contributed by atoms with Gasteiger partial charge in [0.15, 0.2) is 0 Å². The minimum Gasteiger partial charge on any atom is -0.478 e. The highest BCUT2D eigenvalue weighted by atomic mass is 32.2. The molecule has 1 aromatic rings. The third kappa shape index (κ3) is 2.96. The molecule has 0 amide bonds. The van der Waals surface area contributed by atoms with Gasteiger partial charge in [-0.25, -0.2) is 13.2 Å². The fourth-order valence-corrected chi connectivity index (χ4v) is 3.73. The zero-order valence-corrected chi connectivity index (χ0v) is 12.4. The van der Waals surface area contributed by atoms with Crippen LogP contribution in [0.2, 0.25) is 0 Å². The first-order valence-electron chi connectivity index (χ1n) is 6.10. The fourth-order valence-electron chi connectivity index (χ4n) is 2.04. The van der Waals surface area contributed by atoms with Crippen LogP contribution in [0.1, 0.15) is 35.3 Å². The van der Waals surface area contributed by atoms with E-state index < -0.39 is 16.0 Å². The molecule has 0 spiro atoms. The van der Waals surface area contributed by atoms with E-state index >= 15 is 0 Å². The summed E-state index contributed by atoms with van der Waals surface area (Å²) in [5, 5.41) is 9.09. The van der Waals surface area contributed by atoms with Gasteiger partial charge < -0.3 is 5.11 Å². The molecular weight excluding hydrogens is 266 g/mol. The van der Waals surface area contributed by atoms with E-state index in [4.69, 9.17) is 5.11 Å². The zero-order chi connectivity index (χ0) is 14.8. The Morgan fingerprint density at radius 2 is 1.68 bits per heavy atom. The molecule has 106 valence electrons. The smallest absolute Gasteiger partial charge is 0.335 e.